The summed E-state index contributed by atoms with van der Waals surface area (Å²) in [6, 6.07) is 14.9. The second kappa shape index (κ2) is 10.1. The van der Waals surface area contributed by atoms with Crippen LogP contribution in [0, 0.1) is 5.82 Å². The van der Waals surface area contributed by atoms with Crippen LogP contribution in [0.15, 0.2) is 66.9 Å². The lowest BCUT2D eigenvalue weighted by molar-refractivity contribution is -0.142. The second-order valence-electron chi connectivity index (χ2n) is 9.15. The molecule has 0 aliphatic rings. The molecule has 0 saturated heterocycles. The number of amides is 1. The molecule has 3 aromatic heterocycles. The van der Waals surface area contributed by atoms with E-state index in [-0.39, 0.29) is 45.9 Å². The van der Waals surface area contributed by atoms with Gasteiger partial charge < -0.3 is 5.32 Å². The molecule has 7 nitrogen and oxygen atoms in total. The van der Waals surface area contributed by atoms with Gasteiger partial charge in [0.15, 0.2) is 22.9 Å². The molecule has 0 unspecified atom stereocenters. The van der Waals surface area contributed by atoms with E-state index in [1.807, 2.05) is 26.0 Å². The minimum absolute atomic E-state index is 0.00945. The summed E-state index contributed by atoms with van der Waals surface area (Å²) in [7, 11) is 0. The average molecular weight is 557 g/mol. The molecule has 0 spiro atoms. The summed E-state index contributed by atoms with van der Waals surface area (Å²) < 4.78 is 57.9. The summed E-state index contributed by atoms with van der Waals surface area (Å²) >= 11 is 6.06. The van der Waals surface area contributed by atoms with Gasteiger partial charge in [0.05, 0.1) is 12.2 Å². The number of nitrogens with zero attached hydrogens (tertiary/aromatic N) is 5. The third-order valence-corrected chi connectivity index (χ3v) is 6.44. The van der Waals surface area contributed by atoms with Crippen molar-refractivity contribution in [2.24, 2.45) is 0 Å². The molecule has 1 N–H and O–H groups in total. The lowest BCUT2D eigenvalue weighted by Crippen LogP contribution is -2.16. The average Bonchev–Trinajstić information content (AvgIpc) is 3.52. The van der Waals surface area contributed by atoms with Gasteiger partial charge in [0.1, 0.15) is 5.82 Å². The van der Waals surface area contributed by atoms with Gasteiger partial charge in [-0.2, -0.15) is 23.4 Å². The summed E-state index contributed by atoms with van der Waals surface area (Å²) in [5.74, 6) is -0.929. The van der Waals surface area contributed by atoms with Crippen LogP contribution in [0.25, 0.3) is 16.9 Å². The Morgan fingerprint density at radius 3 is 2.46 bits per heavy atom. The molecule has 39 heavy (non-hydrogen) atoms. The van der Waals surface area contributed by atoms with Crippen molar-refractivity contribution in [2.75, 3.05) is 5.32 Å². The number of benzene rings is 2. The third-order valence-electron chi connectivity index (χ3n) is 6.09. The minimum Gasteiger partial charge on any atom is -0.304 e. The quantitative estimate of drug-likeness (QED) is 0.233. The van der Waals surface area contributed by atoms with Crippen molar-refractivity contribution in [1.82, 2.24) is 24.4 Å². The Hall–Kier alpha value is -4.25. The number of hydrogen-bond acceptors (Lipinski definition) is 4. The van der Waals surface area contributed by atoms with Crippen LogP contribution >= 0.6 is 11.6 Å². The number of alkyl halides is 3. The summed E-state index contributed by atoms with van der Waals surface area (Å²) in [6.45, 7) is 4.04. The zero-order valence-electron chi connectivity index (χ0n) is 20.7. The monoisotopic (exact) mass is 556 g/mol. The van der Waals surface area contributed by atoms with E-state index in [0.29, 0.717) is 10.1 Å². The van der Waals surface area contributed by atoms with E-state index < -0.39 is 23.6 Å². The fourth-order valence-electron chi connectivity index (χ4n) is 4.02. The Labute approximate surface area is 225 Å². The number of hydrogen-bond donors (Lipinski definition) is 1. The van der Waals surface area contributed by atoms with Gasteiger partial charge in [0.25, 0.3) is 5.91 Å². The van der Waals surface area contributed by atoms with Crippen molar-refractivity contribution >= 4 is 29.0 Å². The first-order valence-corrected chi connectivity index (χ1v) is 12.2. The molecule has 2 aromatic carbocycles. The molecule has 0 atom stereocenters. The highest BCUT2D eigenvalue weighted by Gasteiger charge is 2.35. The van der Waals surface area contributed by atoms with Crippen molar-refractivity contribution < 1.29 is 22.4 Å². The predicted molar refractivity (Wildman–Crippen MR) is 138 cm³/mol. The van der Waals surface area contributed by atoms with Crippen LogP contribution in [-0.4, -0.2) is 30.3 Å². The first-order valence-electron chi connectivity index (χ1n) is 11.9. The third kappa shape index (κ3) is 5.49. The molecule has 0 bridgehead atoms. The van der Waals surface area contributed by atoms with E-state index >= 15 is 0 Å². The van der Waals surface area contributed by atoms with Crippen LogP contribution < -0.4 is 5.32 Å². The maximum Gasteiger partial charge on any atom is 0.433 e. The molecule has 0 saturated carbocycles. The summed E-state index contributed by atoms with van der Waals surface area (Å²) in [5, 5.41) is 10.8. The topological polar surface area (TPSA) is 77.1 Å². The fourth-order valence-corrected chi connectivity index (χ4v) is 4.24. The largest absolute Gasteiger partial charge is 0.433 e. The van der Waals surface area contributed by atoms with E-state index in [0.717, 1.165) is 11.6 Å². The number of rotatable bonds is 6. The zero-order chi connectivity index (χ0) is 27.9. The van der Waals surface area contributed by atoms with E-state index in [1.165, 1.54) is 35.1 Å². The highest BCUT2D eigenvalue weighted by Crippen LogP contribution is 2.33. The minimum atomic E-state index is -4.75. The van der Waals surface area contributed by atoms with Crippen LogP contribution in [0.4, 0.5) is 23.4 Å². The van der Waals surface area contributed by atoms with Gasteiger partial charge in [-0.1, -0.05) is 55.8 Å². The summed E-state index contributed by atoms with van der Waals surface area (Å²) in [5.41, 5.74) is 0.368. The Bertz CT molecular complexity index is 1650. The molecule has 0 fully saturated rings. The number of carbonyl (C=O) groups excluding carboxylic acids is 1. The maximum atomic E-state index is 14.1. The molecule has 200 valence electrons. The van der Waals surface area contributed by atoms with Crippen molar-refractivity contribution in [3.8, 4) is 11.3 Å². The van der Waals surface area contributed by atoms with E-state index in [1.54, 1.807) is 18.2 Å². The Morgan fingerprint density at radius 2 is 1.79 bits per heavy atom. The molecule has 0 aliphatic heterocycles. The standard InChI is InChI=1S/C27H21ClF4N6O/c1-15(2)16-6-8-17(9-7-16)21-12-23(27(30,31)32)38-25(33-21)13-22(35-38)26(39)34-24-10-11-37(36-24)14-18-19(28)4-3-5-20(18)29/h3-13,15H,14H2,1-2H3,(H,34,36,39). The molecular formula is C27H21ClF4N6O. The SMILES string of the molecule is CC(C)c1ccc(-c2cc(C(F)(F)F)n3nc(C(=O)Nc4ccn(Cc5c(F)cccc5Cl)n4)cc3n2)cc1. The van der Waals surface area contributed by atoms with Crippen LogP contribution in [0.1, 0.15) is 47.1 Å². The smallest absolute Gasteiger partial charge is 0.304 e. The zero-order valence-corrected chi connectivity index (χ0v) is 21.4. The lowest BCUT2D eigenvalue weighted by atomic mass is 10.0. The first kappa shape index (κ1) is 26.4. The highest BCUT2D eigenvalue weighted by molar-refractivity contribution is 6.31. The molecule has 1 amide bonds. The molecule has 5 aromatic rings. The van der Waals surface area contributed by atoms with Crippen LogP contribution in [-0.2, 0) is 12.7 Å². The first-order chi connectivity index (χ1) is 18.5. The number of halogens is 5. The summed E-state index contributed by atoms with van der Waals surface area (Å²) in [4.78, 5) is 17.2. The van der Waals surface area contributed by atoms with Gasteiger partial charge in [0, 0.05) is 34.5 Å². The van der Waals surface area contributed by atoms with Gasteiger partial charge in [-0.05, 0) is 29.7 Å². The van der Waals surface area contributed by atoms with Crippen molar-refractivity contribution in [2.45, 2.75) is 32.5 Å². The van der Waals surface area contributed by atoms with Crippen LogP contribution in [0.5, 0.6) is 0 Å². The van der Waals surface area contributed by atoms with Gasteiger partial charge in [-0.3, -0.25) is 9.48 Å². The normalized spacial score (nSPS) is 11.9. The molecular weight excluding hydrogens is 536 g/mol. The number of aromatic nitrogens is 5. The van der Waals surface area contributed by atoms with E-state index in [9.17, 15) is 22.4 Å². The Morgan fingerprint density at radius 1 is 1.05 bits per heavy atom. The number of anilines is 1. The predicted octanol–water partition coefficient (Wildman–Crippen LogP) is 6.83. The lowest BCUT2D eigenvalue weighted by Gasteiger charge is -2.11. The highest BCUT2D eigenvalue weighted by atomic mass is 35.5. The Balaban J connectivity index is 1.42. The molecule has 0 aliphatic carbocycles. The van der Waals surface area contributed by atoms with Crippen molar-refractivity contribution in [3.05, 3.63) is 100 Å². The Kier molecular flexibility index (Phi) is 6.85. The molecule has 12 heteroatoms. The number of carbonyl (C=O) groups is 1. The molecule has 3 heterocycles. The van der Waals surface area contributed by atoms with Crippen LogP contribution in [0.2, 0.25) is 5.02 Å². The second-order valence-corrected chi connectivity index (χ2v) is 9.56. The maximum absolute atomic E-state index is 14.1. The number of nitrogens with one attached hydrogen (secondary N) is 1. The van der Waals surface area contributed by atoms with Crippen molar-refractivity contribution in [1.29, 1.82) is 0 Å². The fraction of sp³-hybridized carbons (Fsp3) is 0.185. The molecule has 0 radical (unpaired) electrons. The van der Waals surface area contributed by atoms with Gasteiger partial charge >= 0.3 is 6.18 Å². The number of fused-ring (bicyclic) bond motifs is 1. The van der Waals surface area contributed by atoms with E-state index in [4.69, 9.17) is 11.6 Å². The van der Waals surface area contributed by atoms with Gasteiger partial charge in [0.2, 0.25) is 0 Å². The van der Waals surface area contributed by atoms with Crippen molar-refractivity contribution in [3.63, 3.8) is 0 Å². The van der Waals surface area contributed by atoms with Gasteiger partial charge in [-0.15, -0.1) is 0 Å². The summed E-state index contributed by atoms with van der Waals surface area (Å²) in [6.07, 6.45) is -3.25. The van der Waals surface area contributed by atoms with E-state index in [2.05, 4.69) is 20.5 Å². The van der Waals surface area contributed by atoms with Gasteiger partial charge in [-0.25, -0.2) is 13.9 Å². The van der Waals surface area contributed by atoms with Crippen LogP contribution in [0.3, 0.4) is 0 Å². The molecule has 5 rings (SSSR count).